The molecule has 0 unspecified atom stereocenters. The maximum atomic E-state index is 11.8. The number of hydrogen-bond acceptors (Lipinski definition) is 10. The van der Waals surface area contributed by atoms with Crippen molar-refractivity contribution in [1.82, 2.24) is 0 Å². The summed E-state index contributed by atoms with van der Waals surface area (Å²) in [7, 11) is 0. The lowest BCUT2D eigenvalue weighted by atomic mass is 9.98. The topological polar surface area (TPSA) is 124 Å². The Balaban J connectivity index is 2.47. The highest BCUT2D eigenvalue weighted by atomic mass is 79.9. The van der Waals surface area contributed by atoms with Crippen LogP contribution in [0.4, 0.5) is 0 Å². The van der Waals surface area contributed by atoms with Gasteiger partial charge in [-0.3, -0.25) is 19.2 Å². The van der Waals surface area contributed by atoms with Gasteiger partial charge in [0.25, 0.3) is 0 Å². The number of rotatable bonds is 7. The Morgan fingerprint density at radius 2 is 1.41 bits per heavy atom. The molecule has 0 spiro atoms. The van der Waals surface area contributed by atoms with E-state index in [-0.39, 0.29) is 6.61 Å². The molecular weight excluding hydrogens is 560 g/mol. The molecule has 1 saturated heterocycles. The van der Waals surface area contributed by atoms with Crippen molar-refractivity contribution in [1.29, 1.82) is 0 Å². The molecule has 176 valence electrons. The molecule has 1 heterocycles. The Hall–Kier alpha value is -2.18. The molecule has 0 radical (unpaired) electrons. The van der Waals surface area contributed by atoms with Crippen LogP contribution in [0.2, 0.25) is 0 Å². The molecule has 0 aliphatic carbocycles. The zero-order valence-corrected chi connectivity index (χ0v) is 20.8. The van der Waals surface area contributed by atoms with E-state index >= 15 is 0 Å². The smallest absolute Gasteiger partial charge is 0.303 e. The fraction of sp³-hybridized carbons (Fsp3) is 0.500. The predicted molar refractivity (Wildman–Crippen MR) is 114 cm³/mol. The van der Waals surface area contributed by atoms with Crippen LogP contribution in [0.1, 0.15) is 27.7 Å². The van der Waals surface area contributed by atoms with Crippen LogP contribution in [0.25, 0.3) is 0 Å². The van der Waals surface area contributed by atoms with Crippen molar-refractivity contribution >= 4 is 55.7 Å². The van der Waals surface area contributed by atoms with Crippen molar-refractivity contribution in [3.05, 3.63) is 27.1 Å². The van der Waals surface area contributed by atoms with E-state index in [2.05, 4.69) is 31.9 Å². The lowest BCUT2D eigenvalue weighted by Gasteiger charge is -2.44. The Morgan fingerprint density at radius 3 is 1.94 bits per heavy atom. The van der Waals surface area contributed by atoms with Gasteiger partial charge in [-0.05, 0) is 34.1 Å². The van der Waals surface area contributed by atoms with E-state index in [0.29, 0.717) is 10.2 Å². The quantitative estimate of drug-likeness (QED) is 0.350. The molecule has 5 atom stereocenters. The highest BCUT2D eigenvalue weighted by Crippen LogP contribution is 2.34. The third-order valence-corrected chi connectivity index (χ3v) is 5.20. The van der Waals surface area contributed by atoms with Crippen LogP contribution in [0.15, 0.2) is 27.1 Å². The Morgan fingerprint density at radius 1 is 0.844 bits per heavy atom. The van der Waals surface area contributed by atoms with Crippen LogP contribution in [-0.2, 0) is 42.9 Å². The SMILES string of the molecule is CC(=O)OC[C@H]1O[C@@H](Oc2ccc(Br)cc2Br)[C@@H](OC(C)=O)[C@@H](OC(C)=O)[C@@H]1OC(C)=O. The molecule has 2 rings (SSSR count). The van der Waals surface area contributed by atoms with Gasteiger partial charge < -0.3 is 28.4 Å². The third-order valence-electron chi connectivity index (χ3n) is 4.09. The van der Waals surface area contributed by atoms with E-state index in [1.807, 2.05) is 0 Å². The Labute approximate surface area is 201 Å². The first-order valence-electron chi connectivity index (χ1n) is 9.40. The molecule has 32 heavy (non-hydrogen) atoms. The number of carbonyl (C=O) groups excluding carboxylic acids is 4. The van der Waals surface area contributed by atoms with Crippen molar-refractivity contribution in [2.45, 2.75) is 58.4 Å². The molecule has 1 aromatic rings. The lowest BCUT2D eigenvalue weighted by molar-refractivity contribution is -0.288. The first-order chi connectivity index (χ1) is 15.0. The second-order valence-corrected chi connectivity index (χ2v) is 8.53. The summed E-state index contributed by atoms with van der Waals surface area (Å²) in [6, 6.07) is 5.06. The first-order valence-corrected chi connectivity index (χ1v) is 11.0. The minimum absolute atomic E-state index is 0.328. The number of esters is 4. The summed E-state index contributed by atoms with van der Waals surface area (Å²) in [4.78, 5) is 46.7. The van der Waals surface area contributed by atoms with Crippen molar-refractivity contribution in [3.8, 4) is 5.75 Å². The summed E-state index contributed by atoms with van der Waals surface area (Å²) in [5.41, 5.74) is 0. The van der Waals surface area contributed by atoms with E-state index in [9.17, 15) is 19.2 Å². The third kappa shape index (κ3) is 7.45. The maximum Gasteiger partial charge on any atom is 0.303 e. The van der Waals surface area contributed by atoms with Gasteiger partial charge in [-0.2, -0.15) is 0 Å². The summed E-state index contributed by atoms with van der Waals surface area (Å²) in [5.74, 6) is -2.41. The van der Waals surface area contributed by atoms with E-state index in [4.69, 9.17) is 28.4 Å². The number of halogens is 2. The molecule has 1 aliphatic heterocycles. The average Bonchev–Trinajstić information content (AvgIpc) is 2.65. The van der Waals surface area contributed by atoms with Crippen molar-refractivity contribution in [2.75, 3.05) is 6.61 Å². The summed E-state index contributed by atoms with van der Waals surface area (Å²) in [5, 5.41) is 0. The Bertz CT molecular complexity index is 874. The molecular formula is C20H22Br2O10. The van der Waals surface area contributed by atoms with Gasteiger partial charge in [0.1, 0.15) is 18.5 Å². The molecule has 0 amide bonds. The van der Waals surface area contributed by atoms with Crippen molar-refractivity contribution < 1.29 is 47.6 Å². The number of benzene rings is 1. The highest BCUT2D eigenvalue weighted by Gasteiger charge is 2.53. The highest BCUT2D eigenvalue weighted by molar-refractivity contribution is 9.11. The van der Waals surface area contributed by atoms with Crippen molar-refractivity contribution in [3.63, 3.8) is 0 Å². The molecule has 0 N–H and O–H groups in total. The molecule has 1 aliphatic rings. The number of ether oxygens (including phenoxy) is 6. The van der Waals surface area contributed by atoms with E-state index in [0.717, 1.165) is 25.2 Å². The van der Waals surface area contributed by atoms with E-state index in [1.54, 1.807) is 18.2 Å². The van der Waals surface area contributed by atoms with Gasteiger partial charge in [0.05, 0.1) is 4.47 Å². The van der Waals surface area contributed by atoms with Crippen LogP contribution in [0.3, 0.4) is 0 Å². The number of carbonyl (C=O) groups is 4. The first kappa shape index (κ1) is 26.1. The van der Waals surface area contributed by atoms with E-state index in [1.165, 1.54) is 6.92 Å². The van der Waals surface area contributed by atoms with Gasteiger partial charge in [-0.1, -0.05) is 15.9 Å². The van der Waals surface area contributed by atoms with Gasteiger partial charge in [0.2, 0.25) is 12.4 Å². The second-order valence-electron chi connectivity index (χ2n) is 6.76. The van der Waals surface area contributed by atoms with Gasteiger partial charge >= 0.3 is 23.9 Å². The summed E-state index contributed by atoms with van der Waals surface area (Å²) < 4.78 is 34.2. The van der Waals surface area contributed by atoms with Crippen LogP contribution in [-0.4, -0.2) is 61.2 Å². The minimum atomic E-state index is -1.30. The lowest BCUT2D eigenvalue weighted by Crippen LogP contribution is -2.63. The van der Waals surface area contributed by atoms with Crippen LogP contribution < -0.4 is 4.74 Å². The molecule has 0 aromatic heterocycles. The van der Waals surface area contributed by atoms with Crippen molar-refractivity contribution in [2.24, 2.45) is 0 Å². The van der Waals surface area contributed by atoms with Gasteiger partial charge in [0, 0.05) is 32.2 Å². The summed E-state index contributed by atoms with van der Waals surface area (Å²) in [6.45, 7) is 4.31. The normalized spacial score (nSPS) is 24.8. The molecule has 1 aromatic carbocycles. The fourth-order valence-electron chi connectivity index (χ4n) is 2.98. The molecule has 0 bridgehead atoms. The van der Waals surface area contributed by atoms with Crippen LogP contribution >= 0.6 is 31.9 Å². The molecule has 1 fully saturated rings. The average molecular weight is 582 g/mol. The molecule has 10 nitrogen and oxygen atoms in total. The van der Waals surface area contributed by atoms with Crippen LogP contribution in [0, 0.1) is 0 Å². The van der Waals surface area contributed by atoms with Crippen LogP contribution in [0.5, 0.6) is 5.75 Å². The fourth-order valence-corrected chi connectivity index (χ4v) is 4.12. The number of hydrogen-bond donors (Lipinski definition) is 0. The van der Waals surface area contributed by atoms with E-state index < -0.39 is 54.6 Å². The van der Waals surface area contributed by atoms with Gasteiger partial charge in [-0.15, -0.1) is 0 Å². The maximum absolute atomic E-state index is 11.8. The largest absolute Gasteiger partial charge is 0.463 e. The monoisotopic (exact) mass is 580 g/mol. The molecule has 12 heteroatoms. The zero-order chi connectivity index (χ0) is 24.0. The van der Waals surface area contributed by atoms with Gasteiger partial charge in [-0.25, -0.2) is 0 Å². The minimum Gasteiger partial charge on any atom is -0.463 e. The predicted octanol–water partition coefficient (Wildman–Crippen LogP) is 2.67. The Kier molecular flexibility index (Phi) is 9.47. The zero-order valence-electron chi connectivity index (χ0n) is 17.7. The summed E-state index contributed by atoms with van der Waals surface area (Å²) in [6.07, 6.45) is -6.22. The summed E-state index contributed by atoms with van der Waals surface area (Å²) >= 11 is 6.70. The molecule has 0 saturated carbocycles. The standard InChI is InChI=1S/C20H22Br2O10/c1-9(23)27-8-16-17(28-10(2)24)18(29-11(3)25)19(30-12(4)26)20(32-16)31-15-6-5-13(21)7-14(15)22/h5-7,16-20H,8H2,1-4H3/t16-,17-,18+,19+,20-/m1/s1. The van der Waals surface area contributed by atoms with Gasteiger partial charge in [0.15, 0.2) is 12.2 Å². The second kappa shape index (κ2) is 11.6.